The number of carboxylic acid groups (broad SMARTS) is 1. The van der Waals surface area contributed by atoms with Crippen LogP contribution in [-0.2, 0) is 14.4 Å². The SMILES string of the molecule is CCC(CC(=O)O)NC(=O)CNC(=O)c1cccc(N=C(N)N)c1.O=CC(F)(F)F.[HH].[HH]. The molecule has 0 saturated carbocycles. The smallest absolute Gasteiger partial charge is 0.446 e. The molecule has 30 heavy (non-hydrogen) atoms. The molecule has 0 heterocycles. The molecule has 170 valence electrons. The van der Waals surface area contributed by atoms with Crippen molar-refractivity contribution in [1.29, 1.82) is 0 Å². The third-order valence-electron chi connectivity index (χ3n) is 3.19. The fraction of sp³-hybridized carbons (Fsp3) is 0.353. The number of nitrogens with one attached hydrogen (secondary N) is 2. The molecule has 1 rings (SSSR count). The van der Waals surface area contributed by atoms with Crippen molar-refractivity contribution in [3.63, 3.8) is 0 Å². The van der Waals surface area contributed by atoms with E-state index in [9.17, 15) is 27.6 Å². The number of aldehydes is 1. The van der Waals surface area contributed by atoms with Gasteiger partial charge < -0.3 is 27.2 Å². The number of nitrogens with zero attached hydrogens (tertiary/aromatic N) is 1. The first kappa shape index (κ1) is 26.4. The lowest BCUT2D eigenvalue weighted by molar-refractivity contribution is -0.156. The summed E-state index contributed by atoms with van der Waals surface area (Å²) in [5.74, 6) is -2.06. The van der Waals surface area contributed by atoms with Crippen LogP contribution in [0.5, 0.6) is 0 Å². The quantitative estimate of drug-likeness (QED) is 0.228. The predicted octanol–water partition coefficient (Wildman–Crippen LogP) is 0.930. The van der Waals surface area contributed by atoms with E-state index in [0.29, 0.717) is 17.7 Å². The van der Waals surface area contributed by atoms with Gasteiger partial charge in [0.2, 0.25) is 12.2 Å². The fourth-order valence-electron chi connectivity index (χ4n) is 1.92. The summed E-state index contributed by atoms with van der Waals surface area (Å²) in [5, 5.41) is 13.7. The zero-order valence-corrected chi connectivity index (χ0v) is 15.9. The minimum absolute atomic E-state index is 0. The third-order valence-corrected chi connectivity index (χ3v) is 3.19. The number of carbonyl (C=O) groups is 4. The van der Waals surface area contributed by atoms with E-state index in [2.05, 4.69) is 15.6 Å². The Bertz CT molecular complexity index is 790. The Kier molecular flexibility index (Phi) is 11.2. The number of hydrogen-bond donors (Lipinski definition) is 5. The van der Waals surface area contributed by atoms with Gasteiger partial charge in [0.15, 0.2) is 5.96 Å². The molecule has 0 saturated heterocycles. The zero-order valence-electron chi connectivity index (χ0n) is 15.9. The number of carbonyl (C=O) groups excluding carboxylic acids is 3. The molecular weight excluding hydrogens is 411 g/mol. The van der Waals surface area contributed by atoms with Gasteiger partial charge in [0, 0.05) is 14.5 Å². The van der Waals surface area contributed by atoms with Crippen molar-refractivity contribution < 1.29 is 40.3 Å². The lowest BCUT2D eigenvalue weighted by atomic mass is 10.1. The summed E-state index contributed by atoms with van der Waals surface area (Å²) in [6, 6.07) is 5.79. The number of amides is 2. The van der Waals surface area contributed by atoms with Gasteiger partial charge in [-0.2, -0.15) is 13.2 Å². The molecule has 0 fully saturated rings. The van der Waals surface area contributed by atoms with Gasteiger partial charge >= 0.3 is 12.1 Å². The topological polar surface area (TPSA) is 177 Å². The number of guanidine groups is 1. The maximum atomic E-state index is 12.0. The molecule has 0 aliphatic rings. The minimum atomic E-state index is -4.64. The molecule has 1 atom stereocenters. The molecular formula is C17H26F3N5O5. The van der Waals surface area contributed by atoms with Crippen LogP contribution in [0.2, 0.25) is 0 Å². The van der Waals surface area contributed by atoms with Gasteiger partial charge in [0.25, 0.3) is 5.91 Å². The highest BCUT2D eigenvalue weighted by atomic mass is 19.4. The lowest BCUT2D eigenvalue weighted by Gasteiger charge is -2.15. The normalized spacial score (nSPS) is 11.2. The first-order valence-corrected chi connectivity index (χ1v) is 8.40. The number of aliphatic imine (C=N–C) groups is 1. The molecule has 1 aromatic rings. The van der Waals surface area contributed by atoms with Gasteiger partial charge in [0.05, 0.1) is 18.7 Å². The summed E-state index contributed by atoms with van der Waals surface area (Å²) in [4.78, 5) is 47.0. The molecule has 7 N–H and O–H groups in total. The van der Waals surface area contributed by atoms with E-state index in [4.69, 9.17) is 21.4 Å². The predicted molar refractivity (Wildman–Crippen MR) is 105 cm³/mol. The van der Waals surface area contributed by atoms with E-state index < -0.39 is 36.3 Å². The first-order chi connectivity index (χ1) is 13.9. The highest BCUT2D eigenvalue weighted by Gasteiger charge is 2.24. The van der Waals surface area contributed by atoms with Gasteiger partial charge in [0.1, 0.15) is 0 Å². The first-order valence-electron chi connectivity index (χ1n) is 8.40. The van der Waals surface area contributed by atoms with Crippen LogP contribution in [0.25, 0.3) is 0 Å². The van der Waals surface area contributed by atoms with E-state index in [1.54, 1.807) is 25.1 Å². The number of hydrogen-bond acceptors (Lipinski definition) is 5. The zero-order chi connectivity index (χ0) is 23.3. The van der Waals surface area contributed by atoms with Crippen molar-refractivity contribution in [2.75, 3.05) is 6.54 Å². The standard InChI is InChI=1S/C15H21N5O4.C2HF3O.2H2/c1-2-10(7-13(22)23)19-12(21)8-18-14(24)9-4-3-5-11(6-9)20-15(16)17;3-2(4,5)1-6;;/h3-6,10H,2,7-8H2,1H3,(H,18,24)(H,19,21)(H,22,23)(H4,16,17,20);1H;2*1H. The maximum Gasteiger partial charge on any atom is 0.446 e. The molecule has 0 spiro atoms. The van der Waals surface area contributed by atoms with Crippen molar-refractivity contribution in [1.82, 2.24) is 10.6 Å². The third kappa shape index (κ3) is 12.7. The van der Waals surface area contributed by atoms with Crippen LogP contribution in [-0.4, -0.2) is 53.9 Å². The Morgan fingerprint density at radius 3 is 2.37 bits per heavy atom. The van der Waals surface area contributed by atoms with Crippen LogP contribution in [0.4, 0.5) is 18.9 Å². The van der Waals surface area contributed by atoms with Crippen LogP contribution >= 0.6 is 0 Å². The minimum Gasteiger partial charge on any atom is -0.481 e. The molecule has 0 radical (unpaired) electrons. The summed E-state index contributed by atoms with van der Waals surface area (Å²) in [6.45, 7) is 1.50. The fourth-order valence-corrected chi connectivity index (χ4v) is 1.92. The van der Waals surface area contributed by atoms with Crippen molar-refractivity contribution in [3.05, 3.63) is 29.8 Å². The number of alkyl halides is 3. The Morgan fingerprint density at radius 2 is 1.90 bits per heavy atom. The van der Waals surface area contributed by atoms with Crippen LogP contribution in [0.15, 0.2) is 29.3 Å². The Morgan fingerprint density at radius 1 is 1.30 bits per heavy atom. The molecule has 0 aliphatic carbocycles. The van der Waals surface area contributed by atoms with Crippen LogP contribution in [0.3, 0.4) is 0 Å². The van der Waals surface area contributed by atoms with E-state index in [0.717, 1.165) is 0 Å². The Labute approximate surface area is 172 Å². The van der Waals surface area contributed by atoms with Gasteiger partial charge in [-0.15, -0.1) is 0 Å². The van der Waals surface area contributed by atoms with Crippen molar-refractivity contribution in [3.8, 4) is 0 Å². The molecule has 0 aliphatic heterocycles. The lowest BCUT2D eigenvalue weighted by Crippen LogP contribution is -2.42. The van der Waals surface area contributed by atoms with E-state index in [-0.39, 0.29) is 21.8 Å². The second kappa shape index (κ2) is 12.7. The Balaban J connectivity index is -0.000000926. The number of benzene rings is 1. The number of rotatable bonds is 8. The van der Waals surface area contributed by atoms with E-state index in [1.165, 1.54) is 6.07 Å². The van der Waals surface area contributed by atoms with E-state index in [1.807, 2.05) is 0 Å². The molecule has 2 amide bonds. The maximum absolute atomic E-state index is 12.0. The Hall–Kier alpha value is -3.64. The van der Waals surface area contributed by atoms with Gasteiger partial charge in [-0.1, -0.05) is 13.0 Å². The van der Waals surface area contributed by atoms with Crippen LogP contribution in [0.1, 0.15) is 33.0 Å². The molecule has 1 aromatic carbocycles. The number of carboxylic acids is 1. The van der Waals surface area contributed by atoms with Crippen LogP contribution in [0, 0.1) is 0 Å². The molecule has 1 unspecified atom stereocenters. The van der Waals surface area contributed by atoms with Gasteiger partial charge in [-0.05, 0) is 24.6 Å². The summed E-state index contributed by atoms with van der Waals surface area (Å²) in [5.41, 5.74) is 11.3. The molecule has 10 nitrogen and oxygen atoms in total. The number of nitrogens with two attached hydrogens (primary N) is 2. The van der Waals surface area contributed by atoms with Crippen LogP contribution < -0.4 is 22.1 Å². The molecule has 13 heteroatoms. The van der Waals surface area contributed by atoms with E-state index >= 15 is 0 Å². The molecule has 0 aromatic heterocycles. The second-order valence-electron chi connectivity index (χ2n) is 5.70. The summed E-state index contributed by atoms with van der Waals surface area (Å²) >= 11 is 0. The monoisotopic (exact) mass is 437 g/mol. The molecule has 0 bridgehead atoms. The average molecular weight is 437 g/mol. The highest BCUT2D eigenvalue weighted by molar-refractivity contribution is 5.97. The van der Waals surface area contributed by atoms with Crippen molar-refractivity contribution >= 4 is 35.7 Å². The van der Waals surface area contributed by atoms with Gasteiger partial charge in [-0.25, -0.2) is 4.99 Å². The second-order valence-corrected chi connectivity index (χ2v) is 5.70. The summed E-state index contributed by atoms with van der Waals surface area (Å²) in [7, 11) is 0. The number of aliphatic carboxylic acids is 1. The largest absolute Gasteiger partial charge is 0.481 e. The average Bonchev–Trinajstić information content (AvgIpc) is 2.64. The number of halogens is 3. The van der Waals surface area contributed by atoms with Crippen molar-refractivity contribution in [2.45, 2.75) is 32.0 Å². The van der Waals surface area contributed by atoms with Crippen molar-refractivity contribution in [2.24, 2.45) is 16.5 Å². The summed E-state index contributed by atoms with van der Waals surface area (Å²) in [6.07, 6.45) is -5.39. The summed E-state index contributed by atoms with van der Waals surface area (Å²) < 4.78 is 31.2. The highest BCUT2D eigenvalue weighted by Crippen LogP contribution is 2.13. The van der Waals surface area contributed by atoms with Gasteiger partial charge in [-0.3, -0.25) is 19.2 Å².